The van der Waals surface area contributed by atoms with E-state index < -0.39 is 11.7 Å². The summed E-state index contributed by atoms with van der Waals surface area (Å²) < 4.78 is 5.30. The van der Waals surface area contributed by atoms with E-state index in [4.69, 9.17) is 4.74 Å². The molecule has 1 saturated carbocycles. The summed E-state index contributed by atoms with van der Waals surface area (Å²) in [5, 5.41) is 12.2. The number of amides is 1. The molecule has 2 N–H and O–H groups in total. The number of hydrogen-bond donors (Lipinski definition) is 2. The summed E-state index contributed by atoms with van der Waals surface area (Å²) in [5.74, 6) is 6.70. The molecule has 0 saturated heterocycles. The number of aromatic hydroxyl groups is 1. The largest absolute Gasteiger partial charge is 0.508 e. The minimum absolute atomic E-state index is 0.132. The summed E-state index contributed by atoms with van der Waals surface area (Å²) in [7, 11) is 0. The first-order valence-electron chi connectivity index (χ1n) is 5.93. The molecular formula is C14H13NO3. The number of cyclic esters (lactones) is 1. The van der Waals surface area contributed by atoms with Gasteiger partial charge in [0.2, 0.25) is 0 Å². The first kappa shape index (κ1) is 11.0. The van der Waals surface area contributed by atoms with E-state index in [1.807, 2.05) is 0 Å². The van der Waals surface area contributed by atoms with Crippen molar-refractivity contribution in [2.45, 2.75) is 25.4 Å². The lowest BCUT2D eigenvalue weighted by Gasteiger charge is -2.31. The number of carbonyl (C=O) groups is 1. The van der Waals surface area contributed by atoms with Gasteiger partial charge in [-0.3, -0.25) is 5.32 Å². The molecule has 1 unspecified atom stereocenters. The van der Waals surface area contributed by atoms with Crippen LogP contribution in [0.3, 0.4) is 0 Å². The van der Waals surface area contributed by atoms with Crippen molar-refractivity contribution in [3.63, 3.8) is 0 Å². The van der Waals surface area contributed by atoms with Crippen LogP contribution in [0.5, 0.6) is 5.75 Å². The third kappa shape index (κ3) is 1.88. The van der Waals surface area contributed by atoms with E-state index in [2.05, 4.69) is 17.2 Å². The lowest BCUT2D eigenvalue weighted by atomic mass is 9.93. The van der Waals surface area contributed by atoms with Crippen LogP contribution in [-0.4, -0.2) is 11.2 Å². The van der Waals surface area contributed by atoms with Crippen molar-refractivity contribution >= 4 is 11.8 Å². The summed E-state index contributed by atoms with van der Waals surface area (Å²) >= 11 is 0. The zero-order valence-corrected chi connectivity index (χ0v) is 9.99. The van der Waals surface area contributed by atoms with E-state index in [1.54, 1.807) is 19.1 Å². The van der Waals surface area contributed by atoms with Gasteiger partial charge in [-0.05, 0) is 38.0 Å². The number of nitrogens with one attached hydrogen (secondary N) is 1. The maximum Gasteiger partial charge on any atom is 0.413 e. The third-order valence-electron chi connectivity index (χ3n) is 3.14. The molecule has 1 aromatic carbocycles. The van der Waals surface area contributed by atoms with Crippen LogP contribution in [0.4, 0.5) is 10.5 Å². The summed E-state index contributed by atoms with van der Waals surface area (Å²) in [4.78, 5) is 11.5. The molecule has 0 aromatic heterocycles. The Morgan fingerprint density at radius 3 is 3.00 bits per heavy atom. The molecule has 1 amide bonds. The van der Waals surface area contributed by atoms with Gasteiger partial charge >= 0.3 is 6.09 Å². The third-order valence-corrected chi connectivity index (χ3v) is 3.14. The number of ether oxygens (including phenoxy) is 1. The van der Waals surface area contributed by atoms with E-state index >= 15 is 0 Å². The van der Waals surface area contributed by atoms with Gasteiger partial charge in [-0.15, -0.1) is 0 Å². The van der Waals surface area contributed by atoms with E-state index in [9.17, 15) is 9.90 Å². The zero-order valence-electron chi connectivity index (χ0n) is 9.99. The highest BCUT2D eigenvalue weighted by molar-refractivity contribution is 5.89. The van der Waals surface area contributed by atoms with Crippen LogP contribution >= 0.6 is 0 Å². The lowest BCUT2D eigenvalue weighted by molar-refractivity contribution is 0.0712. The highest BCUT2D eigenvalue weighted by Crippen LogP contribution is 2.38. The molecule has 2 aliphatic rings. The molecule has 0 spiro atoms. The maximum atomic E-state index is 11.5. The number of fused-ring (bicyclic) bond motifs is 1. The second-order valence-corrected chi connectivity index (χ2v) is 4.82. The van der Waals surface area contributed by atoms with Gasteiger partial charge in [0.25, 0.3) is 0 Å². The fraction of sp³-hybridized carbons (Fsp3) is 0.357. The van der Waals surface area contributed by atoms with Crippen LogP contribution in [0, 0.1) is 17.8 Å². The fourth-order valence-electron chi connectivity index (χ4n) is 1.97. The standard InChI is InChI=1S/C14H13NO3/c1-14(7-6-9-2-3-9)11-8-10(16)4-5-12(11)15-13(17)18-14/h4-5,8-9,16H,2-3H2,1H3,(H,15,17). The van der Waals surface area contributed by atoms with Crippen LogP contribution < -0.4 is 5.32 Å². The van der Waals surface area contributed by atoms with Gasteiger partial charge in [0.05, 0.1) is 5.69 Å². The van der Waals surface area contributed by atoms with Crippen molar-refractivity contribution in [3.05, 3.63) is 23.8 Å². The summed E-state index contributed by atoms with van der Waals surface area (Å²) in [6, 6.07) is 4.76. The Bertz CT molecular complexity index is 580. The summed E-state index contributed by atoms with van der Waals surface area (Å²) in [5.41, 5.74) is 0.339. The number of anilines is 1. The molecule has 1 aliphatic heterocycles. The molecule has 1 fully saturated rings. The molecule has 0 radical (unpaired) electrons. The number of hydrogen-bond acceptors (Lipinski definition) is 3. The van der Waals surface area contributed by atoms with Crippen molar-refractivity contribution in [2.24, 2.45) is 5.92 Å². The molecule has 1 atom stereocenters. The number of rotatable bonds is 0. The fourth-order valence-corrected chi connectivity index (χ4v) is 1.97. The predicted octanol–water partition coefficient (Wildman–Crippen LogP) is 2.58. The quantitative estimate of drug-likeness (QED) is 0.544. The Morgan fingerprint density at radius 2 is 2.28 bits per heavy atom. The van der Waals surface area contributed by atoms with Gasteiger partial charge in [0, 0.05) is 11.5 Å². The second-order valence-electron chi connectivity index (χ2n) is 4.82. The number of phenols is 1. The second kappa shape index (κ2) is 3.67. The zero-order chi connectivity index (χ0) is 12.8. The van der Waals surface area contributed by atoms with Crippen LogP contribution in [0.25, 0.3) is 0 Å². The first-order chi connectivity index (χ1) is 8.57. The van der Waals surface area contributed by atoms with E-state index in [-0.39, 0.29) is 5.75 Å². The number of carbonyl (C=O) groups excluding carboxylic acids is 1. The molecule has 4 nitrogen and oxygen atoms in total. The van der Waals surface area contributed by atoms with Crippen molar-refractivity contribution < 1.29 is 14.6 Å². The number of benzene rings is 1. The van der Waals surface area contributed by atoms with Crippen molar-refractivity contribution in [1.82, 2.24) is 0 Å². The van der Waals surface area contributed by atoms with Gasteiger partial charge in [-0.1, -0.05) is 11.8 Å². The van der Waals surface area contributed by atoms with Crippen LogP contribution in [0.1, 0.15) is 25.3 Å². The van der Waals surface area contributed by atoms with Gasteiger partial charge in [0.15, 0.2) is 5.60 Å². The molecule has 18 heavy (non-hydrogen) atoms. The molecule has 1 aromatic rings. The first-order valence-corrected chi connectivity index (χ1v) is 5.93. The van der Waals surface area contributed by atoms with E-state index in [0.29, 0.717) is 17.2 Å². The van der Waals surface area contributed by atoms with E-state index in [0.717, 1.165) is 12.8 Å². The molecular weight excluding hydrogens is 230 g/mol. The Labute approximate surface area is 105 Å². The topological polar surface area (TPSA) is 58.6 Å². The van der Waals surface area contributed by atoms with E-state index in [1.165, 1.54) is 6.07 Å². The van der Waals surface area contributed by atoms with Gasteiger partial charge in [0.1, 0.15) is 5.75 Å². The molecule has 1 heterocycles. The monoisotopic (exact) mass is 243 g/mol. The van der Waals surface area contributed by atoms with Crippen molar-refractivity contribution in [2.75, 3.05) is 5.32 Å². The SMILES string of the molecule is CC1(C#CC2CC2)OC(=O)Nc2ccc(O)cc21. The molecule has 92 valence electrons. The molecule has 0 bridgehead atoms. The number of phenolic OH excluding ortho intramolecular Hbond substituents is 1. The van der Waals surface area contributed by atoms with Crippen LogP contribution in [0.15, 0.2) is 18.2 Å². The van der Waals surface area contributed by atoms with Gasteiger partial charge in [-0.2, -0.15) is 0 Å². The minimum atomic E-state index is -0.987. The Morgan fingerprint density at radius 1 is 1.50 bits per heavy atom. The Hall–Kier alpha value is -2.15. The molecule has 3 rings (SSSR count). The molecule has 1 aliphatic carbocycles. The average Bonchev–Trinajstić information content (AvgIpc) is 3.12. The minimum Gasteiger partial charge on any atom is -0.508 e. The highest BCUT2D eigenvalue weighted by Gasteiger charge is 2.37. The van der Waals surface area contributed by atoms with Gasteiger partial charge in [-0.25, -0.2) is 4.79 Å². The Balaban J connectivity index is 2.07. The summed E-state index contributed by atoms with van der Waals surface area (Å²) in [6.45, 7) is 1.75. The predicted molar refractivity (Wildman–Crippen MR) is 66.1 cm³/mol. The average molecular weight is 243 g/mol. The van der Waals surface area contributed by atoms with Crippen molar-refractivity contribution in [1.29, 1.82) is 0 Å². The normalized spacial score (nSPS) is 25.3. The highest BCUT2D eigenvalue weighted by atomic mass is 16.6. The lowest BCUT2D eigenvalue weighted by Crippen LogP contribution is -2.36. The van der Waals surface area contributed by atoms with Crippen molar-refractivity contribution in [3.8, 4) is 17.6 Å². The van der Waals surface area contributed by atoms with Crippen LogP contribution in [-0.2, 0) is 10.3 Å². The Kier molecular flexibility index (Phi) is 2.24. The summed E-state index contributed by atoms with van der Waals surface area (Å²) in [6.07, 6.45) is 1.71. The smallest absolute Gasteiger partial charge is 0.413 e. The molecule has 4 heteroatoms. The van der Waals surface area contributed by atoms with Gasteiger partial charge < -0.3 is 9.84 Å². The maximum absolute atomic E-state index is 11.5. The van der Waals surface area contributed by atoms with Crippen LogP contribution in [0.2, 0.25) is 0 Å².